The lowest BCUT2D eigenvalue weighted by atomic mass is 10.1. The highest BCUT2D eigenvalue weighted by Gasteiger charge is 2.32. The standard InChI is InChI=1S/C16H24N6O3S/c1-10-14(11(2)18-17-10)16(23)21-6-5-7-22(9-8-21)26(24,25)15-12(3)19-20-13(15)4/h5-9H2,1-4H3,(H,17,18)(H,19,20). The average Bonchev–Trinajstić information content (AvgIpc) is 2.97. The van der Waals surface area contributed by atoms with Crippen molar-refractivity contribution in [2.45, 2.75) is 39.0 Å². The number of hydrogen-bond acceptors (Lipinski definition) is 5. The number of carbonyl (C=O) groups is 1. The summed E-state index contributed by atoms with van der Waals surface area (Å²) in [6.07, 6.45) is 0.580. The van der Waals surface area contributed by atoms with Crippen LogP contribution in [0, 0.1) is 27.7 Å². The zero-order valence-corrected chi connectivity index (χ0v) is 16.3. The van der Waals surface area contributed by atoms with Gasteiger partial charge in [0.05, 0.1) is 22.6 Å². The number of aromatic nitrogens is 4. The third kappa shape index (κ3) is 3.14. The smallest absolute Gasteiger partial charge is 0.257 e. The highest BCUT2D eigenvalue weighted by Crippen LogP contribution is 2.23. The maximum absolute atomic E-state index is 13.0. The number of carbonyl (C=O) groups excluding carboxylic acids is 1. The van der Waals surface area contributed by atoms with Crippen molar-refractivity contribution >= 4 is 15.9 Å². The first-order valence-electron chi connectivity index (χ1n) is 8.56. The van der Waals surface area contributed by atoms with Gasteiger partial charge in [0.25, 0.3) is 5.91 Å². The topological polar surface area (TPSA) is 115 Å². The molecule has 0 atom stereocenters. The third-order valence-corrected chi connectivity index (χ3v) is 6.90. The van der Waals surface area contributed by atoms with Crippen molar-refractivity contribution in [1.82, 2.24) is 29.6 Å². The second-order valence-electron chi connectivity index (χ2n) is 6.62. The SMILES string of the molecule is Cc1n[nH]c(C)c1C(=O)N1CCCN(S(=O)(=O)c2c(C)n[nH]c2C)CC1. The van der Waals surface area contributed by atoms with Crippen LogP contribution in [0.15, 0.2) is 4.90 Å². The summed E-state index contributed by atoms with van der Waals surface area (Å²) in [6.45, 7) is 8.46. The molecular formula is C16H24N6O3S. The molecule has 142 valence electrons. The molecule has 0 unspecified atom stereocenters. The van der Waals surface area contributed by atoms with Crippen LogP contribution in [0.2, 0.25) is 0 Å². The Labute approximate surface area is 152 Å². The molecule has 3 rings (SSSR count). The Morgan fingerprint density at radius 3 is 2.15 bits per heavy atom. The second kappa shape index (κ2) is 6.84. The minimum Gasteiger partial charge on any atom is -0.337 e. The summed E-state index contributed by atoms with van der Waals surface area (Å²) in [4.78, 5) is 14.8. The summed E-state index contributed by atoms with van der Waals surface area (Å²) in [5, 5.41) is 13.6. The first-order chi connectivity index (χ1) is 12.2. The van der Waals surface area contributed by atoms with Gasteiger partial charge in [-0.15, -0.1) is 0 Å². The fourth-order valence-corrected chi connectivity index (χ4v) is 5.21. The summed E-state index contributed by atoms with van der Waals surface area (Å²) in [7, 11) is -3.64. The van der Waals surface area contributed by atoms with Crippen LogP contribution in [0.1, 0.15) is 39.6 Å². The van der Waals surface area contributed by atoms with Crippen LogP contribution in [-0.4, -0.2) is 70.1 Å². The molecule has 3 heterocycles. The number of nitrogens with zero attached hydrogens (tertiary/aromatic N) is 4. The fourth-order valence-electron chi connectivity index (χ4n) is 3.41. The van der Waals surface area contributed by atoms with Gasteiger partial charge in [-0.05, 0) is 34.1 Å². The molecule has 2 aromatic rings. The van der Waals surface area contributed by atoms with E-state index in [0.717, 1.165) is 5.69 Å². The van der Waals surface area contributed by atoms with Gasteiger partial charge in [-0.2, -0.15) is 14.5 Å². The Bertz CT molecular complexity index is 891. The van der Waals surface area contributed by atoms with E-state index in [2.05, 4.69) is 20.4 Å². The minimum absolute atomic E-state index is 0.108. The number of H-pyrrole nitrogens is 2. The van der Waals surface area contributed by atoms with Crippen molar-refractivity contribution in [3.8, 4) is 0 Å². The number of hydrogen-bond donors (Lipinski definition) is 2. The zero-order chi connectivity index (χ0) is 19.1. The predicted molar refractivity (Wildman–Crippen MR) is 95.4 cm³/mol. The molecular weight excluding hydrogens is 356 g/mol. The third-order valence-electron chi connectivity index (χ3n) is 4.74. The van der Waals surface area contributed by atoms with Gasteiger partial charge in [0.2, 0.25) is 10.0 Å². The first kappa shape index (κ1) is 18.6. The van der Waals surface area contributed by atoms with Gasteiger partial charge in [0, 0.05) is 31.9 Å². The minimum atomic E-state index is -3.64. The first-order valence-corrected chi connectivity index (χ1v) is 10.00. The summed E-state index contributed by atoms with van der Waals surface area (Å²) in [6, 6.07) is 0. The highest BCUT2D eigenvalue weighted by atomic mass is 32.2. The lowest BCUT2D eigenvalue weighted by Gasteiger charge is -2.22. The Morgan fingerprint density at radius 1 is 0.923 bits per heavy atom. The number of aromatic amines is 2. The quantitative estimate of drug-likeness (QED) is 0.821. The van der Waals surface area contributed by atoms with E-state index in [1.165, 1.54) is 4.31 Å². The lowest BCUT2D eigenvalue weighted by molar-refractivity contribution is 0.0763. The molecule has 0 bridgehead atoms. The van der Waals surface area contributed by atoms with E-state index in [1.54, 1.807) is 25.7 Å². The maximum atomic E-state index is 13.0. The van der Waals surface area contributed by atoms with E-state index < -0.39 is 10.0 Å². The monoisotopic (exact) mass is 380 g/mol. The van der Waals surface area contributed by atoms with E-state index in [4.69, 9.17) is 0 Å². The van der Waals surface area contributed by atoms with Crippen LogP contribution in [0.4, 0.5) is 0 Å². The summed E-state index contributed by atoms with van der Waals surface area (Å²) < 4.78 is 27.5. The molecule has 2 N–H and O–H groups in total. The molecule has 1 amide bonds. The number of amides is 1. The van der Waals surface area contributed by atoms with Crippen LogP contribution in [-0.2, 0) is 10.0 Å². The zero-order valence-electron chi connectivity index (χ0n) is 15.5. The molecule has 2 aromatic heterocycles. The Kier molecular flexibility index (Phi) is 4.89. The average molecular weight is 380 g/mol. The van der Waals surface area contributed by atoms with E-state index in [-0.39, 0.29) is 17.3 Å². The number of sulfonamides is 1. The van der Waals surface area contributed by atoms with Crippen LogP contribution >= 0.6 is 0 Å². The maximum Gasteiger partial charge on any atom is 0.257 e. The molecule has 0 saturated carbocycles. The molecule has 0 aliphatic carbocycles. The lowest BCUT2D eigenvalue weighted by Crippen LogP contribution is -2.37. The molecule has 26 heavy (non-hydrogen) atoms. The Balaban J connectivity index is 1.80. The Hall–Kier alpha value is -2.20. The summed E-state index contributed by atoms with van der Waals surface area (Å²) >= 11 is 0. The van der Waals surface area contributed by atoms with Gasteiger partial charge < -0.3 is 4.90 Å². The number of rotatable bonds is 3. The van der Waals surface area contributed by atoms with Gasteiger partial charge in [0.1, 0.15) is 4.90 Å². The van der Waals surface area contributed by atoms with Crippen LogP contribution < -0.4 is 0 Å². The molecule has 9 nitrogen and oxygen atoms in total. The van der Waals surface area contributed by atoms with Crippen LogP contribution in [0.5, 0.6) is 0 Å². The van der Waals surface area contributed by atoms with Crippen molar-refractivity contribution in [2.75, 3.05) is 26.2 Å². The molecule has 0 aromatic carbocycles. The molecule has 1 fully saturated rings. The van der Waals surface area contributed by atoms with Crippen LogP contribution in [0.25, 0.3) is 0 Å². The van der Waals surface area contributed by atoms with Gasteiger partial charge in [-0.25, -0.2) is 8.42 Å². The van der Waals surface area contributed by atoms with Gasteiger partial charge in [0.15, 0.2) is 0 Å². The number of aryl methyl sites for hydroxylation is 4. The fraction of sp³-hybridized carbons (Fsp3) is 0.562. The van der Waals surface area contributed by atoms with Crippen molar-refractivity contribution in [2.24, 2.45) is 0 Å². The van der Waals surface area contributed by atoms with Crippen molar-refractivity contribution in [1.29, 1.82) is 0 Å². The Morgan fingerprint density at radius 2 is 1.58 bits per heavy atom. The van der Waals surface area contributed by atoms with Crippen LogP contribution in [0.3, 0.4) is 0 Å². The van der Waals surface area contributed by atoms with Crippen molar-refractivity contribution < 1.29 is 13.2 Å². The molecule has 10 heteroatoms. The van der Waals surface area contributed by atoms with Gasteiger partial charge >= 0.3 is 0 Å². The molecule has 0 radical (unpaired) electrons. The van der Waals surface area contributed by atoms with E-state index in [9.17, 15) is 13.2 Å². The van der Waals surface area contributed by atoms with Gasteiger partial charge in [-0.1, -0.05) is 0 Å². The van der Waals surface area contributed by atoms with E-state index in [1.807, 2.05) is 6.92 Å². The molecule has 1 aliphatic heterocycles. The number of nitrogens with one attached hydrogen (secondary N) is 2. The normalized spacial score (nSPS) is 16.7. The summed E-state index contributed by atoms with van der Waals surface area (Å²) in [5.41, 5.74) is 2.95. The summed E-state index contributed by atoms with van der Waals surface area (Å²) in [5.74, 6) is -0.108. The highest BCUT2D eigenvalue weighted by molar-refractivity contribution is 7.89. The molecule has 1 saturated heterocycles. The van der Waals surface area contributed by atoms with E-state index in [0.29, 0.717) is 48.7 Å². The predicted octanol–water partition coefficient (Wildman–Crippen LogP) is 0.903. The van der Waals surface area contributed by atoms with Crippen molar-refractivity contribution in [3.05, 3.63) is 28.3 Å². The van der Waals surface area contributed by atoms with Crippen molar-refractivity contribution in [3.63, 3.8) is 0 Å². The largest absolute Gasteiger partial charge is 0.337 e. The van der Waals surface area contributed by atoms with Gasteiger partial charge in [-0.3, -0.25) is 15.0 Å². The molecule has 1 aliphatic rings. The van der Waals surface area contributed by atoms with E-state index >= 15 is 0 Å². The second-order valence-corrected chi connectivity index (χ2v) is 8.50. The molecule has 0 spiro atoms.